The molecule has 0 saturated carbocycles. The fourth-order valence-electron chi connectivity index (χ4n) is 4.47. The SMILES string of the molecule is COc1ccc(C(=O)N2CC3(CCN(c4cnc5cnn(CC(F)F)c5n4)C3)C2)cc1. The summed E-state index contributed by atoms with van der Waals surface area (Å²) in [7, 11) is 1.59. The third-order valence-corrected chi connectivity index (χ3v) is 6.08. The van der Waals surface area contributed by atoms with Crippen molar-refractivity contribution in [1.29, 1.82) is 0 Å². The molecule has 1 amide bonds. The Hall–Kier alpha value is -3.30. The van der Waals surface area contributed by atoms with E-state index in [1.807, 2.05) is 4.90 Å². The number of benzene rings is 1. The highest BCUT2D eigenvalue weighted by Crippen LogP contribution is 2.41. The average Bonchev–Trinajstić information content (AvgIpc) is 3.37. The predicted octanol–water partition coefficient (Wildman–Crippen LogP) is 2.45. The number of hydrogen-bond donors (Lipinski definition) is 0. The predicted molar refractivity (Wildman–Crippen MR) is 109 cm³/mol. The Labute approximate surface area is 177 Å². The maximum absolute atomic E-state index is 12.8. The Balaban J connectivity index is 1.26. The first kappa shape index (κ1) is 19.7. The summed E-state index contributed by atoms with van der Waals surface area (Å²) in [6.45, 7) is 2.41. The molecule has 10 heteroatoms. The minimum absolute atomic E-state index is 0.0174. The van der Waals surface area contributed by atoms with E-state index in [4.69, 9.17) is 4.74 Å². The van der Waals surface area contributed by atoms with Gasteiger partial charge in [-0.15, -0.1) is 0 Å². The largest absolute Gasteiger partial charge is 0.497 e. The highest BCUT2D eigenvalue weighted by atomic mass is 19.3. The molecule has 8 nitrogen and oxygen atoms in total. The molecule has 4 heterocycles. The smallest absolute Gasteiger partial charge is 0.258 e. The fraction of sp³-hybridized carbons (Fsp3) is 0.429. The second-order valence-electron chi connectivity index (χ2n) is 8.22. The number of ether oxygens (including phenoxy) is 1. The summed E-state index contributed by atoms with van der Waals surface area (Å²) in [5, 5.41) is 3.97. The van der Waals surface area contributed by atoms with Crippen LogP contribution >= 0.6 is 0 Å². The summed E-state index contributed by atoms with van der Waals surface area (Å²) in [5.41, 5.74) is 1.54. The Morgan fingerprint density at radius 3 is 2.68 bits per heavy atom. The first-order valence-corrected chi connectivity index (χ1v) is 10.1. The molecule has 31 heavy (non-hydrogen) atoms. The number of carbonyl (C=O) groups is 1. The van der Waals surface area contributed by atoms with Crippen molar-refractivity contribution in [2.75, 3.05) is 38.2 Å². The summed E-state index contributed by atoms with van der Waals surface area (Å²) >= 11 is 0. The second-order valence-corrected chi connectivity index (χ2v) is 8.22. The molecule has 2 aliphatic heterocycles. The van der Waals surface area contributed by atoms with Gasteiger partial charge < -0.3 is 14.5 Å². The lowest BCUT2D eigenvalue weighted by Gasteiger charge is -2.48. The van der Waals surface area contributed by atoms with E-state index in [0.29, 0.717) is 35.6 Å². The van der Waals surface area contributed by atoms with Crippen LogP contribution in [-0.2, 0) is 6.54 Å². The first-order chi connectivity index (χ1) is 15.0. The van der Waals surface area contributed by atoms with Gasteiger partial charge in [-0.05, 0) is 30.7 Å². The number of halogens is 2. The number of methoxy groups -OCH3 is 1. The molecule has 2 saturated heterocycles. The number of likely N-dealkylation sites (tertiary alicyclic amines) is 1. The van der Waals surface area contributed by atoms with Crippen LogP contribution < -0.4 is 9.64 Å². The van der Waals surface area contributed by atoms with Crippen LogP contribution in [0.5, 0.6) is 5.75 Å². The minimum atomic E-state index is -2.51. The van der Waals surface area contributed by atoms with Gasteiger partial charge in [-0.3, -0.25) is 4.79 Å². The van der Waals surface area contributed by atoms with E-state index in [-0.39, 0.29) is 11.3 Å². The van der Waals surface area contributed by atoms with Crippen LogP contribution in [0.15, 0.2) is 36.7 Å². The van der Waals surface area contributed by atoms with Gasteiger partial charge in [0, 0.05) is 37.2 Å². The zero-order valence-electron chi connectivity index (χ0n) is 17.0. The molecule has 0 radical (unpaired) electrons. The van der Waals surface area contributed by atoms with Crippen LogP contribution in [0.25, 0.3) is 11.2 Å². The maximum atomic E-state index is 12.8. The molecule has 2 aliphatic rings. The van der Waals surface area contributed by atoms with Crippen molar-refractivity contribution in [3.63, 3.8) is 0 Å². The lowest BCUT2D eigenvalue weighted by molar-refractivity contribution is 0.0167. The van der Waals surface area contributed by atoms with Crippen molar-refractivity contribution in [3.05, 3.63) is 42.2 Å². The van der Waals surface area contributed by atoms with E-state index in [2.05, 4.69) is 20.0 Å². The molecule has 0 bridgehead atoms. The maximum Gasteiger partial charge on any atom is 0.258 e. The minimum Gasteiger partial charge on any atom is -0.497 e. The number of alkyl halides is 2. The molecule has 2 aromatic heterocycles. The van der Waals surface area contributed by atoms with Crippen LogP contribution in [0.4, 0.5) is 14.6 Å². The molecular formula is C21H22F2N6O2. The number of hydrogen-bond acceptors (Lipinski definition) is 6. The number of amides is 1. The van der Waals surface area contributed by atoms with Gasteiger partial charge in [-0.2, -0.15) is 5.10 Å². The zero-order chi connectivity index (χ0) is 21.6. The van der Waals surface area contributed by atoms with Crippen LogP contribution in [-0.4, -0.2) is 70.3 Å². The monoisotopic (exact) mass is 428 g/mol. The Morgan fingerprint density at radius 1 is 1.19 bits per heavy atom. The van der Waals surface area contributed by atoms with Crippen molar-refractivity contribution in [1.82, 2.24) is 24.6 Å². The molecule has 0 atom stereocenters. The standard InChI is InChI=1S/C21H22F2N6O2/c1-31-15-4-2-14(3-5-15)20(30)28-12-21(13-28)6-7-27(11-21)18-9-24-16-8-25-29(10-17(22)23)19(16)26-18/h2-5,8-9,17H,6-7,10-13H2,1H3. The molecular weight excluding hydrogens is 406 g/mol. The van der Waals surface area contributed by atoms with Gasteiger partial charge >= 0.3 is 0 Å². The summed E-state index contributed by atoms with van der Waals surface area (Å²) in [5.74, 6) is 1.39. The molecule has 1 aromatic carbocycles. The molecule has 0 N–H and O–H groups in total. The third-order valence-electron chi connectivity index (χ3n) is 6.08. The Morgan fingerprint density at radius 2 is 1.97 bits per heavy atom. The second kappa shape index (κ2) is 7.44. The number of fused-ring (bicyclic) bond motifs is 1. The zero-order valence-corrected chi connectivity index (χ0v) is 17.0. The van der Waals surface area contributed by atoms with Crippen molar-refractivity contribution < 1.29 is 18.3 Å². The average molecular weight is 428 g/mol. The van der Waals surface area contributed by atoms with E-state index < -0.39 is 13.0 Å². The van der Waals surface area contributed by atoms with Crippen LogP contribution in [0.3, 0.4) is 0 Å². The fourth-order valence-corrected chi connectivity index (χ4v) is 4.47. The van der Waals surface area contributed by atoms with Gasteiger partial charge in [0.15, 0.2) is 5.65 Å². The molecule has 3 aromatic rings. The topological polar surface area (TPSA) is 76.4 Å². The van der Waals surface area contributed by atoms with Gasteiger partial charge in [-0.1, -0.05) is 0 Å². The van der Waals surface area contributed by atoms with Crippen molar-refractivity contribution in [2.24, 2.45) is 5.41 Å². The number of carbonyl (C=O) groups excluding carboxylic acids is 1. The molecule has 5 rings (SSSR count). The van der Waals surface area contributed by atoms with Gasteiger partial charge in [-0.25, -0.2) is 23.4 Å². The van der Waals surface area contributed by atoms with E-state index in [0.717, 1.165) is 25.3 Å². The summed E-state index contributed by atoms with van der Waals surface area (Å²) < 4.78 is 31.9. The van der Waals surface area contributed by atoms with Crippen LogP contribution in [0, 0.1) is 5.41 Å². The molecule has 0 aliphatic carbocycles. The summed E-state index contributed by atoms with van der Waals surface area (Å²) in [6.07, 6.45) is 1.55. The van der Waals surface area contributed by atoms with E-state index >= 15 is 0 Å². The number of aromatic nitrogens is 4. The third kappa shape index (κ3) is 3.55. The molecule has 162 valence electrons. The highest BCUT2D eigenvalue weighted by Gasteiger charge is 2.49. The Bertz CT molecular complexity index is 1110. The summed E-state index contributed by atoms with van der Waals surface area (Å²) in [6, 6.07) is 7.13. The lowest BCUT2D eigenvalue weighted by atomic mass is 9.78. The first-order valence-electron chi connectivity index (χ1n) is 10.1. The van der Waals surface area contributed by atoms with Gasteiger partial charge in [0.1, 0.15) is 23.6 Å². The van der Waals surface area contributed by atoms with Crippen LogP contribution in [0.2, 0.25) is 0 Å². The van der Waals surface area contributed by atoms with E-state index in [1.54, 1.807) is 37.6 Å². The lowest BCUT2D eigenvalue weighted by Crippen LogP contribution is -2.59. The normalized spacial score (nSPS) is 17.5. The Kier molecular flexibility index (Phi) is 4.71. The molecule has 2 fully saturated rings. The van der Waals surface area contributed by atoms with E-state index in [1.165, 1.54) is 10.9 Å². The highest BCUT2D eigenvalue weighted by molar-refractivity contribution is 5.95. The number of rotatable bonds is 5. The number of anilines is 1. The van der Waals surface area contributed by atoms with Crippen molar-refractivity contribution in [2.45, 2.75) is 19.4 Å². The summed E-state index contributed by atoms with van der Waals surface area (Å²) in [4.78, 5) is 25.6. The number of nitrogens with zero attached hydrogens (tertiary/aromatic N) is 6. The molecule has 0 unspecified atom stereocenters. The van der Waals surface area contributed by atoms with Crippen molar-refractivity contribution in [3.8, 4) is 5.75 Å². The van der Waals surface area contributed by atoms with E-state index in [9.17, 15) is 13.6 Å². The van der Waals surface area contributed by atoms with Gasteiger partial charge in [0.05, 0.1) is 19.5 Å². The van der Waals surface area contributed by atoms with Gasteiger partial charge in [0.25, 0.3) is 12.3 Å². The molecule has 1 spiro atoms. The van der Waals surface area contributed by atoms with Crippen LogP contribution in [0.1, 0.15) is 16.8 Å². The quantitative estimate of drug-likeness (QED) is 0.622. The van der Waals surface area contributed by atoms with Crippen molar-refractivity contribution >= 4 is 22.9 Å². The van der Waals surface area contributed by atoms with Gasteiger partial charge in [0.2, 0.25) is 0 Å².